The standard InChI is InChI=1S/C19H22O4/c1-14(20)11-12-22-19(21)15(2)16-7-6-10-18(13-16)23-17-8-4-3-5-9-17/h3-10,13-15,20H,11-12H2,1-2H3. The molecule has 0 spiro atoms. The molecule has 2 rings (SSSR count). The number of hydrogen-bond acceptors (Lipinski definition) is 4. The normalized spacial score (nSPS) is 13.2. The first-order chi connectivity index (χ1) is 11.1. The molecule has 2 atom stereocenters. The van der Waals surface area contributed by atoms with Gasteiger partial charge in [0.25, 0.3) is 0 Å². The Morgan fingerprint density at radius 1 is 1.04 bits per heavy atom. The molecule has 0 aromatic heterocycles. The SMILES string of the molecule is CC(O)CCOC(=O)C(C)c1cccc(Oc2ccccc2)c1. The number of aliphatic hydroxyl groups excluding tert-OH is 1. The Kier molecular flexibility index (Phi) is 6.18. The molecule has 2 aromatic rings. The molecular formula is C19H22O4. The van der Waals surface area contributed by atoms with Crippen molar-refractivity contribution in [3.63, 3.8) is 0 Å². The summed E-state index contributed by atoms with van der Waals surface area (Å²) in [6.45, 7) is 3.69. The third kappa shape index (κ3) is 5.42. The van der Waals surface area contributed by atoms with Crippen molar-refractivity contribution in [2.75, 3.05) is 6.61 Å². The Balaban J connectivity index is 1.99. The summed E-state index contributed by atoms with van der Waals surface area (Å²) in [5, 5.41) is 9.19. The Hall–Kier alpha value is -2.33. The van der Waals surface area contributed by atoms with Crippen LogP contribution in [0.2, 0.25) is 0 Å². The topological polar surface area (TPSA) is 55.8 Å². The number of ether oxygens (including phenoxy) is 2. The molecular weight excluding hydrogens is 292 g/mol. The van der Waals surface area contributed by atoms with Crippen LogP contribution in [0.3, 0.4) is 0 Å². The van der Waals surface area contributed by atoms with E-state index in [1.165, 1.54) is 0 Å². The van der Waals surface area contributed by atoms with Gasteiger partial charge in [0.15, 0.2) is 0 Å². The molecule has 1 N–H and O–H groups in total. The van der Waals surface area contributed by atoms with Crippen molar-refractivity contribution in [1.82, 2.24) is 0 Å². The lowest BCUT2D eigenvalue weighted by Gasteiger charge is -2.14. The number of carbonyl (C=O) groups is 1. The van der Waals surface area contributed by atoms with E-state index in [2.05, 4.69) is 0 Å². The maximum atomic E-state index is 12.0. The first kappa shape index (κ1) is 17.0. The van der Waals surface area contributed by atoms with Crippen LogP contribution in [-0.4, -0.2) is 23.8 Å². The second kappa shape index (κ2) is 8.34. The van der Waals surface area contributed by atoms with Crippen LogP contribution >= 0.6 is 0 Å². The van der Waals surface area contributed by atoms with Crippen molar-refractivity contribution in [3.05, 3.63) is 60.2 Å². The van der Waals surface area contributed by atoms with Gasteiger partial charge in [-0.15, -0.1) is 0 Å². The number of para-hydroxylation sites is 1. The minimum absolute atomic E-state index is 0.223. The predicted molar refractivity (Wildman–Crippen MR) is 88.6 cm³/mol. The van der Waals surface area contributed by atoms with Gasteiger partial charge in [0.2, 0.25) is 0 Å². The molecule has 0 saturated carbocycles. The van der Waals surface area contributed by atoms with Crippen LogP contribution in [0, 0.1) is 0 Å². The van der Waals surface area contributed by atoms with E-state index in [0.29, 0.717) is 12.2 Å². The minimum Gasteiger partial charge on any atom is -0.465 e. The Bertz CT molecular complexity index is 622. The molecule has 23 heavy (non-hydrogen) atoms. The summed E-state index contributed by atoms with van der Waals surface area (Å²) in [6, 6.07) is 16.9. The molecule has 0 radical (unpaired) electrons. The van der Waals surface area contributed by atoms with Crippen LogP contribution < -0.4 is 4.74 Å². The Morgan fingerprint density at radius 3 is 2.43 bits per heavy atom. The second-order valence-corrected chi connectivity index (χ2v) is 5.51. The first-order valence-electron chi connectivity index (χ1n) is 7.74. The van der Waals surface area contributed by atoms with E-state index in [4.69, 9.17) is 9.47 Å². The van der Waals surface area contributed by atoms with Crippen molar-refractivity contribution in [2.45, 2.75) is 32.3 Å². The van der Waals surface area contributed by atoms with E-state index in [1.54, 1.807) is 13.8 Å². The molecule has 2 unspecified atom stereocenters. The fourth-order valence-corrected chi connectivity index (χ4v) is 2.06. The van der Waals surface area contributed by atoms with Gasteiger partial charge in [-0.25, -0.2) is 0 Å². The van der Waals surface area contributed by atoms with Crippen LogP contribution in [0.1, 0.15) is 31.7 Å². The molecule has 122 valence electrons. The van der Waals surface area contributed by atoms with E-state index in [0.717, 1.165) is 11.3 Å². The maximum absolute atomic E-state index is 12.0. The van der Waals surface area contributed by atoms with Gasteiger partial charge in [-0.3, -0.25) is 4.79 Å². The summed E-state index contributed by atoms with van der Waals surface area (Å²) in [5.74, 6) is 0.736. The molecule has 0 heterocycles. The van der Waals surface area contributed by atoms with Crippen LogP contribution in [0.25, 0.3) is 0 Å². The van der Waals surface area contributed by atoms with Gasteiger partial charge in [0.05, 0.1) is 18.6 Å². The van der Waals surface area contributed by atoms with Gasteiger partial charge in [-0.1, -0.05) is 30.3 Å². The smallest absolute Gasteiger partial charge is 0.313 e. The number of aliphatic hydroxyl groups is 1. The lowest BCUT2D eigenvalue weighted by Crippen LogP contribution is -2.16. The van der Waals surface area contributed by atoms with Gasteiger partial charge in [-0.2, -0.15) is 0 Å². The number of benzene rings is 2. The molecule has 0 fully saturated rings. The highest BCUT2D eigenvalue weighted by Gasteiger charge is 2.17. The Labute approximate surface area is 136 Å². The van der Waals surface area contributed by atoms with E-state index in [9.17, 15) is 9.90 Å². The van der Waals surface area contributed by atoms with E-state index >= 15 is 0 Å². The maximum Gasteiger partial charge on any atom is 0.313 e. The molecule has 4 nitrogen and oxygen atoms in total. The van der Waals surface area contributed by atoms with Crippen LogP contribution in [0.5, 0.6) is 11.5 Å². The van der Waals surface area contributed by atoms with Crippen molar-refractivity contribution >= 4 is 5.97 Å². The molecule has 0 amide bonds. The molecule has 0 aliphatic carbocycles. The summed E-state index contributed by atoms with van der Waals surface area (Å²) >= 11 is 0. The average molecular weight is 314 g/mol. The van der Waals surface area contributed by atoms with Crippen LogP contribution in [-0.2, 0) is 9.53 Å². The van der Waals surface area contributed by atoms with Gasteiger partial charge in [0.1, 0.15) is 11.5 Å². The summed E-state index contributed by atoms with van der Waals surface area (Å²) < 4.78 is 11.0. The van der Waals surface area contributed by atoms with E-state index in [-0.39, 0.29) is 18.5 Å². The van der Waals surface area contributed by atoms with Crippen LogP contribution in [0.4, 0.5) is 0 Å². The fraction of sp³-hybridized carbons (Fsp3) is 0.316. The quantitative estimate of drug-likeness (QED) is 0.788. The molecule has 2 aromatic carbocycles. The van der Waals surface area contributed by atoms with E-state index in [1.807, 2.05) is 54.6 Å². The van der Waals surface area contributed by atoms with Gasteiger partial charge in [-0.05, 0) is 43.7 Å². The van der Waals surface area contributed by atoms with Crippen molar-refractivity contribution < 1.29 is 19.4 Å². The molecule has 0 bridgehead atoms. The van der Waals surface area contributed by atoms with E-state index < -0.39 is 6.10 Å². The predicted octanol–water partition coefficient (Wildman–Crippen LogP) is 3.90. The lowest BCUT2D eigenvalue weighted by molar-refractivity contribution is -0.145. The van der Waals surface area contributed by atoms with Crippen molar-refractivity contribution in [1.29, 1.82) is 0 Å². The third-order valence-corrected chi connectivity index (χ3v) is 3.47. The summed E-state index contributed by atoms with van der Waals surface area (Å²) in [4.78, 5) is 12.0. The molecule has 0 aliphatic heterocycles. The Morgan fingerprint density at radius 2 is 1.74 bits per heavy atom. The minimum atomic E-state index is -0.472. The molecule has 4 heteroatoms. The zero-order valence-electron chi connectivity index (χ0n) is 13.4. The summed E-state index contributed by atoms with van der Waals surface area (Å²) in [6.07, 6.45) is -0.0315. The zero-order chi connectivity index (χ0) is 16.7. The largest absolute Gasteiger partial charge is 0.465 e. The third-order valence-electron chi connectivity index (χ3n) is 3.47. The second-order valence-electron chi connectivity index (χ2n) is 5.51. The zero-order valence-corrected chi connectivity index (χ0v) is 13.4. The van der Waals surface area contributed by atoms with Gasteiger partial charge >= 0.3 is 5.97 Å². The lowest BCUT2D eigenvalue weighted by atomic mass is 10.0. The van der Waals surface area contributed by atoms with Gasteiger partial charge < -0.3 is 14.6 Å². The highest BCUT2D eigenvalue weighted by molar-refractivity contribution is 5.77. The average Bonchev–Trinajstić information content (AvgIpc) is 2.55. The monoisotopic (exact) mass is 314 g/mol. The molecule has 0 aliphatic rings. The molecule has 0 saturated heterocycles. The number of esters is 1. The van der Waals surface area contributed by atoms with Gasteiger partial charge in [0, 0.05) is 6.42 Å². The number of rotatable bonds is 7. The first-order valence-corrected chi connectivity index (χ1v) is 7.74. The highest BCUT2D eigenvalue weighted by atomic mass is 16.5. The van der Waals surface area contributed by atoms with Crippen molar-refractivity contribution in [3.8, 4) is 11.5 Å². The summed E-state index contributed by atoms with van der Waals surface area (Å²) in [5.41, 5.74) is 0.834. The number of hydrogen-bond donors (Lipinski definition) is 1. The fourth-order valence-electron chi connectivity index (χ4n) is 2.06. The number of carbonyl (C=O) groups excluding carboxylic acids is 1. The van der Waals surface area contributed by atoms with Crippen molar-refractivity contribution in [2.24, 2.45) is 0 Å². The van der Waals surface area contributed by atoms with Crippen LogP contribution in [0.15, 0.2) is 54.6 Å². The summed E-state index contributed by atoms with van der Waals surface area (Å²) in [7, 11) is 0. The highest BCUT2D eigenvalue weighted by Crippen LogP contribution is 2.25.